The number of guanidine groups is 1. The van der Waals surface area contributed by atoms with Crippen LogP contribution in [0.3, 0.4) is 0 Å². The number of aryl methyl sites for hydroxylation is 1. The molecule has 3 N–H and O–H groups in total. The Morgan fingerprint density at radius 2 is 1.74 bits per heavy atom. The normalized spacial score (nSPS) is 11.3. The van der Waals surface area contributed by atoms with Crippen molar-refractivity contribution in [3.8, 4) is 11.1 Å². The number of hydrogen-bond donors (Lipinski definition) is 2. The molecule has 23 heavy (non-hydrogen) atoms. The van der Waals surface area contributed by atoms with Crippen LogP contribution in [0.5, 0.6) is 0 Å². The van der Waals surface area contributed by atoms with Crippen LogP contribution in [0, 0.1) is 6.92 Å². The SMILES string of the molecule is Cc1ccnc(N=C(N)Nc2cccc(-c3ccccc3)c2)c1. The Balaban J connectivity index is 1.80. The third-order valence-electron chi connectivity index (χ3n) is 3.38. The van der Waals surface area contributed by atoms with Gasteiger partial charge >= 0.3 is 0 Å². The first-order valence-corrected chi connectivity index (χ1v) is 7.40. The molecule has 4 heteroatoms. The van der Waals surface area contributed by atoms with Crippen molar-refractivity contribution in [2.75, 3.05) is 5.32 Å². The van der Waals surface area contributed by atoms with E-state index in [0.717, 1.165) is 22.4 Å². The van der Waals surface area contributed by atoms with Crippen molar-refractivity contribution in [3.63, 3.8) is 0 Å². The monoisotopic (exact) mass is 302 g/mol. The van der Waals surface area contributed by atoms with Gasteiger partial charge < -0.3 is 11.1 Å². The molecule has 4 nitrogen and oxygen atoms in total. The number of anilines is 1. The highest BCUT2D eigenvalue weighted by molar-refractivity contribution is 5.94. The highest BCUT2D eigenvalue weighted by atomic mass is 15.1. The summed E-state index contributed by atoms with van der Waals surface area (Å²) in [5, 5.41) is 3.11. The fraction of sp³-hybridized carbons (Fsp3) is 0.0526. The Morgan fingerprint density at radius 1 is 0.957 bits per heavy atom. The predicted molar refractivity (Wildman–Crippen MR) is 95.8 cm³/mol. The van der Waals surface area contributed by atoms with E-state index in [0.29, 0.717) is 11.8 Å². The number of nitrogens with one attached hydrogen (secondary N) is 1. The van der Waals surface area contributed by atoms with Gasteiger partial charge in [-0.05, 0) is 47.9 Å². The zero-order chi connectivity index (χ0) is 16.1. The van der Waals surface area contributed by atoms with Gasteiger partial charge in [0, 0.05) is 11.9 Å². The summed E-state index contributed by atoms with van der Waals surface area (Å²) in [4.78, 5) is 8.47. The first-order valence-electron chi connectivity index (χ1n) is 7.40. The van der Waals surface area contributed by atoms with Crippen LogP contribution in [0.25, 0.3) is 11.1 Å². The van der Waals surface area contributed by atoms with Gasteiger partial charge in [-0.25, -0.2) is 4.98 Å². The molecule has 0 atom stereocenters. The van der Waals surface area contributed by atoms with E-state index < -0.39 is 0 Å². The molecule has 0 radical (unpaired) electrons. The van der Waals surface area contributed by atoms with E-state index in [1.807, 2.05) is 55.5 Å². The summed E-state index contributed by atoms with van der Waals surface area (Å²) >= 11 is 0. The standard InChI is InChI=1S/C19H18N4/c1-14-10-11-21-18(12-14)23-19(20)22-17-9-5-8-16(13-17)15-6-3-2-4-7-15/h2-13H,1H3,(H3,20,21,22,23). The lowest BCUT2D eigenvalue weighted by molar-refractivity contribution is 1.23. The third-order valence-corrected chi connectivity index (χ3v) is 3.38. The molecule has 3 rings (SSSR count). The van der Waals surface area contributed by atoms with Gasteiger partial charge in [0.15, 0.2) is 11.8 Å². The minimum absolute atomic E-state index is 0.313. The quantitative estimate of drug-likeness (QED) is 0.565. The minimum Gasteiger partial charge on any atom is -0.369 e. The van der Waals surface area contributed by atoms with Crippen molar-refractivity contribution in [1.82, 2.24) is 4.98 Å². The number of aromatic nitrogens is 1. The molecule has 0 bridgehead atoms. The number of pyridine rings is 1. The van der Waals surface area contributed by atoms with Crippen molar-refractivity contribution in [2.45, 2.75) is 6.92 Å². The highest BCUT2D eigenvalue weighted by Gasteiger charge is 2.01. The molecule has 0 spiro atoms. The molecule has 0 aliphatic rings. The van der Waals surface area contributed by atoms with Gasteiger partial charge in [0.2, 0.25) is 0 Å². The summed E-state index contributed by atoms with van der Waals surface area (Å²) in [5.41, 5.74) is 10.2. The average Bonchev–Trinajstić information content (AvgIpc) is 2.56. The summed E-state index contributed by atoms with van der Waals surface area (Å²) in [6.07, 6.45) is 1.72. The fourth-order valence-electron chi connectivity index (χ4n) is 2.29. The molecular formula is C19H18N4. The predicted octanol–water partition coefficient (Wildman–Crippen LogP) is 4.12. The molecule has 2 aromatic carbocycles. The van der Waals surface area contributed by atoms with E-state index in [-0.39, 0.29) is 0 Å². The Labute approximate surface area is 135 Å². The molecule has 0 fully saturated rings. The Bertz CT molecular complexity index is 826. The highest BCUT2D eigenvalue weighted by Crippen LogP contribution is 2.22. The van der Waals surface area contributed by atoms with E-state index in [4.69, 9.17) is 5.73 Å². The van der Waals surface area contributed by atoms with Crippen molar-refractivity contribution < 1.29 is 0 Å². The summed E-state index contributed by atoms with van der Waals surface area (Å²) in [5.74, 6) is 0.905. The molecule has 0 aliphatic heterocycles. The second kappa shape index (κ2) is 6.75. The van der Waals surface area contributed by atoms with Crippen LogP contribution in [0.4, 0.5) is 11.5 Å². The Morgan fingerprint density at radius 3 is 2.52 bits per heavy atom. The smallest absolute Gasteiger partial charge is 0.199 e. The number of nitrogens with two attached hydrogens (primary N) is 1. The van der Waals surface area contributed by atoms with Gasteiger partial charge in [-0.15, -0.1) is 0 Å². The third kappa shape index (κ3) is 3.95. The molecule has 3 aromatic rings. The van der Waals surface area contributed by atoms with Gasteiger partial charge in [-0.1, -0.05) is 42.5 Å². The van der Waals surface area contributed by atoms with Gasteiger partial charge in [0.05, 0.1) is 0 Å². The number of aliphatic imine (C=N–C) groups is 1. The Kier molecular flexibility index (Phi) is 4.34. The lowest BCUT2D eigenvalue weighted by atomic mass is 10.1. The second-order valence-electron chi connectivity index (χ2n) is 5.26. The van der Waals surface area contributed by atoms with E-state index >= 15 is 0 Å². The van der Waals surface area contributed by atoms with Crippen molar-refractivity contribution in [1.29, 1.82) is 0 Å². The average molecular weight is 302 g/mol. The molecule has 1 heterocycles. The molecule has 0 aliphatic carbocycles. The van der Waals surface area contributed by atoms with Crippen LogP contribution in [0.1, 0.15) is 5.56 Å². The molecule has 0 saturated heterocycles. The van der Waals surface area contributed by atoms with E-state index in [2.05, 4.69) is 33.5 Å². The zero-order valence-electron chi connectivity index (χ0n) is 12.9. The van der Waals surface area contributed by atoms with Crippen LogP contribution in [0.2, 0.25) is 0 Å². The van der Waals surface area contributed by atoms with Crippen LogP contribution >= 0.6 is 0 Å². The number of nitrogens with zero attached hydrogens (tertiary/aromatic N) is 2. The number of rotatable bonds is 3. The van der Waals surface area contributed by atoms with Crippen LogP contribution in [-0.4, -0.2) is 10.9 Å². The van der Waals surface area contributed by atoms with Crippen LogP contribution in [0.15, 0.2) is 77.9 Å². The maximum Gasteiger partial charge on any atom is 0.199 e. The number of hydrogen-bond acceptors (Lipinski definition) is 2. The molecule has 0 amide bonds. The first-order chi connectivity index (χ1) is 11.2. The van der Waals surface area contributed by atoms with Crippen molar-refractivity contribution in [2.24, 2.45) is 10.7 Å². The molecule has 0 saturated carbocycles. The van der Waals surface area contributed by atoms with Crippen molar-refractivity contribution >= 4 is 17.5 Å². The fourth-order valence-corrected chi connectivity index (χ4v) is 2.29. The molecule has 1 aromatic heterocycles. The first kappa shape index (κ1) is 14.8. The topological polar surface area (TPSA) is 63.3 Å². The van der Waals surface area contributed by atoms with Gasteiger partial charge in [-0.2, -0.15) is 4.99 Å². The summed E-state index contributed by atoms with van der Waals surface area (Å²) in [7, 11) is 0. The second-order valence-corrected chi connectivity index (χ2v) is 5.26. The number of benzene rings is 2. The molecule has 0 unspecified atom stereocenters. The summed E-state index contributed by atoms with van der Waals surface area (Å²) < 4.78 is 0. The Hall–Kier alpha value is -3.14. The summed E-state index contributed by atoms with van der Waals surface area (Å²) in [6.45, 7) is 1.99. The van der Waals surface area contributed by atoms with Gasteiger partial charge in [-0.3, -0.25) is 0 Å². The maximum absolute atomic E-state index is 5.98. The van der Waals surface area contributed by atoms with Gasteiger partial charge in [0.1, 0.15) is 0 Å². The lowest BCUT2D eigenvalue weighted by Gasteiger charge is -2.08. The van der Waals surface area contributed by atoms with Gasteiger partial charge in [0.25, 0.3) is 0 Å². The molecule has 114 valence electrons. The van der Waals surface area contributed by atoms with Crippen molar-refractivity contribution in [3.05, 3.63) is 78.5 Å². The lowest BCUT2D eigenvalue weighted by Crippen LogP contribution is -2.22. The summed E-state index contributed by atoms with van der Waals surface area (Å²) in [6, 6.07) is 22.1. The van der Waals surface area contributed by atoms with E-state index in [1.54, 1.807) is 6.20 Å². The largest absolute Gasteiger partial charge is 0.369 e. The zero-order valence-corrected chi connectivity index (χ0v) is 12.9. The van der Waals surface area contributed by atoms with E-state index in [9.17, 15) is 0 Å². The maximum atomic E-state index is 5.98. The van der Waals surface area contributed by atoms with Crippen LogP contribution < -0.4 is 11.1 Å². The minimum atomic E-state index is 0.313. The van der Waals surface area contributed by atoms with E-state index in [1.165, 1.54) is 0 Å². The van der Waals surface area contributed by atoms with Crippen LogP contribution in [-0.2, 0) is 0 Å². The molecular weight excluding hydrogens is 284 g/mol.